The third kappa shape index (κ3) is 8.51. The first-order valence-electron chi connectivity index (χ1n) is 15.0. The molecule has 9 heteroatoms. The van der Waals surface area contributed by atoms with Crippen molar-refractivity contribution in [3.63, 3.8) is 0 Å². The number of hydrogen-bond donors (Lipinski definition) is 1. The second-order valence-electron chi connectivity index (χ2n) is 11.0. The number of rotatable bonds is 14. The van der Waals surface area contributed by atoms with Crippen LogP contribution in [0.1, 0.15) is 37.0 Å². The molecular weight excluding hydrogens is 586 g/mol. The Balaban J connectivity index is 1.81. The van der Waals surface area contributed by atoms with Crippen molar-refractivity contribution in [2.45, 2.75) is 57.1 Å². The van der Waals surface area contributed by atoms with Gasteiger partial charge in [-0.1, -0.05) is 79.7 Å². The molecule has 0 heterocycles. The van der Waals surface area contributed by atoms with E-state index in [0.717, 1.165) is 27.4 Å². The van der Waals surface area contributed by atoms with E-state index in [1.54, 1.807) is 42.5 Å². The molecule has 0 aromatic heterocycles. The summed E-state index contributed by atoms with van der Waals surface area (Å²) in [6.07, 6.45) is 0.977. The van der Waals surface area contributed by atoms with Gasteiger partial charge in [-0.3, -0.25) is 13.9 Å². The van der Waals surface area contributed by atoms with E-state index in [2.05, 4.69) is 5.32 Å². The van der Waals surface area contributed by atoms with E-state index < -0.39 is 28.5 Å². The molecule has 0 unspecified atom stereocenters. The fourth-order valence-corrected chi connectivity index (χ4v) is 6.40. The number of nitrogens with one attached hydrogen (secondary N) is 1. The number of benzene rings is 4. The largest absolute Gasteiger partial charge is 0.497 e. The summed E-state index contributed by atoms with van der Waals surface area (Å²) in [5, 5.41) is 3.06. The molecule has 0 saturated heterocycles. The molecule has 1 N–H and O–H groups in total. The Hall–Kier alpha value is -4.63. The van der Waals surface area contributed by atoms with Gasteiger partial charge >= 0.3 is 0 Å². The molecule has 2 atom stereocenters. The van der Waals surface area contributed by atoms with Gasteiger partial charge in [0.25, 0.3) is 10.0 Å². The lowest BCUT2D eigenvalue weighted by atomic mass is 10.0. The summed E-state index contributed by atoms with van der Waals surface area (Å²) in [5.74, 6) is -0.251. The minimum Gasteiger partial charge on any atom is -0.497 e. The minimum absolute atomic E-state index is 0.0504. The third-order valence-corrected chi connectivity index (χ3v) is 9.63. The molecule has 8 nitrogen and oxygen atoms in total. The summed E-state index contributed by atoms with van der Waals surface area (Å²) in [7, 11) is -2.64. The van der Waals surface area contributed by atoms with Crippen molar-refractivity contribution in [3.8, 4) is 5.75 Å². The van der Waals surface area contributed by atoms with Gasteiger partial charge in [0.05, 0.1) is 17.7 Å². The zero-order valence-electron chi connectivity index (χ0n) is 26.2. The average Bonchev–Trinajstić information content (AvgIpc) is 3.06. The summed E-state index contributed by atoms with van der Waals surface area (Å²) < 4.78 is 34.5. The van der Waals surface area contributed by atoms with Crippen molar-refractivity contribution >= 4 is 27.5 Å². The standard InChI is InChI=1S/C36H41N3O5S/c1-5-28(3)37-36(41)34(24-29-15-8-6-9-16-29)38(25-30-17-13-12-14-27(30)2)35(40)26-39(31-20-22-32(44-4)23-21-31)45(42,43)33-18-10-7-11-19-33/h6-23,28,34H,5,24-26H2,1-4H3,(H,37,41)/t28-,34+/m1/s1. The van der Waals surface area contributed by atoms with E-state index in [4.69, 9.17) is 4.74 Å². The Kier molecular flexibility index (Phi) is 11.4. The number of nitrogens with zero attached hydrogens (tertiary/aromatic N) is 2. The monoisotopic (exact) mass is 627 g/mol. The Morgan fingerprint density at radius 2 is 1.44 bits per heavy atom. The zero-order chi connectivity index (χ0) is 32.4. The molecule has 45 heavy (non-hydrogen) atoms. The summed E-state index contributed by atoms with van der Waals surface area (Å²) in [4.78, 5) is 30.1. The van der Waals surface area contributed by atoms with Gasteiger partial charge in [0.2, 0.25) is 11.8 Å². The normalized spacial score (nSPS) is 12.5. The lowest BCUT2D eigenvalue weighted by molar-refractivity contribution is -0.140. The second-order valence-corrected chi connectivity index (χ2v) is 12.9. The van der Waals surface area contributed by atoms with E-state index in [1.165, 1.54) is 24.1 Å². The van der Waals surface area contributed by atoms with Crippen LogP contribution in [0.3, 0.4) is 0 Å². The Labute approximate surface area is 266 Å². The van der Waals surface area contributed by atoms with Crippen LogP contribution in [0.15, 0.2) is 114 Å². The minimum atomic E-state index is -4.17. The fourth-order valence-electron chi connectivity index (χ4n) is 4.96. The third-order valence-electron chi connectivity index (χ3n) is 7.84. The Morgan fingerprint density at radius 1 is 0.844 bits per heavy atom. The molecule has 4 rings (SSSR count). The van der Waals surface area contributed by atoms with E-state index in [-0.39, 0.29) is 29.8 Å². The van der Waals surface area contributed by atoms with Gasteiger partial charge in [-0.25, -0.2) is 8.42 Å². The van der Waals surface area contributed by atoms with Crippen LogP contribution in [0.25, 0.3) is 0 Å². The van der Waals surface area contributed by atoms with Crippen molar-refractivity contribution in [1.82, 2.24) is 10.2 Å². The summed E-state index contributed by atoms with van der Waals surface area (Å²) in [6.45, 7) is 5.46. The van der Waals surface area contributed by atoms with Crippen molar-refractivity contribution < 1.29 is 22.7 Å². The van der Waals surface area contributed by atoms with E-state index in [1.807, 2.05) is 75.4 Å². The molecule has 0 aliphatic carbocycles. The smallest absolute Gasteiger partial charge is 0.264 e. The topological polar surface area (TPSA) is 96.0 Å². The molecule has 0 saturated carbocycles. The molecule has 0 bridgehead atoms. The first-order valence-corrected chi connectivity index (χ1v) is 16.5. The number of aryl methyl sites for hydroxylation is 1. The summed E-state index contributed by atoms with van der Waals surface area (Å²) in [5.41, 5.74) is 3.00. The van der Waals surface area contributed by atoms with Gasteiger partial charge in [0.1, 0.15) is 18.3 Å². The fraction of sp³-hybridized carbons (Fsp3) is 0.278. The average molecular weight is 628 g/mol. The van der Waals surface area contributed by atoms with Crippen LogP contribution in [-0.4, -0.2) is 50.9 Å². The molecule has 0 spiro atoms. The first kappa shape index (κ1) is 33.3. The number of ether oxygens (including phenoxy) is 1. The molecule has 4 aromatic rings. The van der Waals surface area contributed by atoms with Crippen molar-refractivity contribution in [2.24, 2.45) is 0 Å². The zero-order valence-corrected chi connectivity index (χ0v) is 27.0. The predicted octanol–water partition coefficient (Wildman–Crippen LogP) is 5.75. The number of carbonyl (C=O) groups excluding carboxylic acids is 2. The number of carbonyl (C=O) groups is 2. The lowest BCUT2D eigenvalue weighted by Gasteiger charge is -2.34. The molecule has 0 radical (unpaired) electrons. The van der Waals surface area contributed by atoms with E-state index in [9.17, 15) is 18.0 Å². The first-order chi connectivity index (χ1) is 21.6. The quantitative estimate of drug-likeness (QED) is 0.192. The summed E-state index contributed by atoms with van der Waals surface area (Å²) in [6, 6.07) is 30.7. The SMILES string of the molecule is CC[C@@H](C)NC(=O)[C@H](Cc1ccccc1)N(Cc1ccccc1C)C(=O)CN(c1ccc(OC)cc1)S(=O)(=O)c1ccccc1. The van der Waals surface area contributed by atoms with Crippen LogP contribution in [0, 0.1) is 6.92 Å². The van der Waals surface area contributed by atoms with Crippen LogP contribution in [0.2, 0.25) is 0 Å². The van der Waals surface area contributed by atoms with Crippen LogP contribution in [-0.2, 0) is 32.6 Å². The molecule has 0 aliphatic heterocycles. The highest BCUT2D eigenvalue weighted by Crippen LogP contribution is 2.27. The Morgan fingerprint density at radius 3 is 2.04 bits per heavy atom. The number of anilines is 1. The molecule has 236 valence electrons. The molecule has 0 fully saturated rings. The second kappa shape index (κ2) is 15.4. The maximum atomic E-state index is 14.6. The highest BCUT2D eigenvalue weighted by Gasteiger charge is 2.35. The van der Waals surface area contributed by atoms with Crippen LogP contribution < -0.4 is 14.4 Å². The number of methoxy groups -OCH3 is 1. The van der Waals surface area contributed by atoms with Gasteiger partial charge in [-0.05, 0) is 73.4 Å². The van der Waals surface area contributed by atoms with Gasteiger partial charge in [0.15, 0.2) is 0 Å². The molecular formula is C36H41N3O5S. The predicted molar refractivity (Wildman–Crippen MR) is 178 cm³/mol. The van der Waals surface area contributed by atoms with Crippen LogP contribution in [0.5, 0.6) is 5.75 Å². The van der Waals surface area contributed by atoms with E-state index >= 15 is 0 Å². The number of sulfonamides is 1. The van der Waals surface area contributed by atoms with Gasteiger partial charge in [-0.2, -0.15) is 0 Å². The van der Waals surface area contributed by atoms with Crippen molar-refractivity contribution in [2.75, 3.05) is 18.0 Å². The number of hydrogen-bond acceptors (Lipinski definition) is 5. The van der Waals surface area contributed by atoms with Gasteiger partial charge < -0.3 is 15.0 Å². The van der Waals surface area contributed by atoms with Crippen LogP contribution in [0.4, 0.5) is 5.69 Å². The maximum absolute atomic E-state index is 14.6. The number of amides is 2. The van der Waals surface area contributed by atoms with Gasteiger partial charge in [-0.15, -0.1) is 0 Å². The maximum Gasteiger partial charge on any atom is 0.264 e. The lowest BCUT2D eigenvalue weighted by Crippen LogP contribution is -2.54. The highest BCUT2D eigenvalue weighted by molar-refractivity contribution is 7.92. The van der Waals surface area contributed by atoms with Gasteiger partial charge in [0, 0.05) is 19.0 Å². The van der Waals surface area contributed by atoms with Crippen molar-refractivity contribution in [1.29, 1.82) is 0 Å². The van der Waals surface area contributed by atoms with E-state index in [0.29, 0.717) is 11.4 Å². The summed E-state index contributed by atoms with van der Waals surface area (Å²) >= 11 is 0. The van der Waals surface area contributed by atoms with Crippen molar-refractivity contribution in [3.05, 3.63) is 126 Å². The molecule has 0 aliphatic rings. The molecule has 2 amide bonds. The Bertz CT molecular complexity index is 1660. The van der Waals surface area contributed by atoms with Crippen LogP contribution >= 0.6 is 0 Å². The highest BCUT2D eigenvalue weighted by atomic mass is 32.2. The molecule has 4 aromatic carbocycles.